The molecule has 1 heterocycles. The second-order valence-corrected chi connectivity index (χ2v) is 29.5. The van der Waals surface area contributed by atoms with Crippen LogP contribution in [0, 0.1) is 0 Å². The van der Waals surface area contributed by atoms with Crippen LogP contribution in [0.3, 0.4) is 0 Å². The number of benzene rings is 1. The molecule has 0 bridgehead atoms. The van der Waals surface area contributed by atoms with Gasteiger partial charge in [0.05, 0.1) is 0 Å². The van der Waals surface area contributed by atoms with Crippen LogP contribution in [0.2, 0.25) is 22.8 Å². The molecule has 0 N–H and O–H groups in total. The summed E-state index contributed by atoms with van der Waals surface area (Å²) in [4.78, 5) is 0. The van der Waals surface area contributed by atoms with Crippen LogP contribution in [0.1, 0.15) is 0 Å². The van der Waals surface area contributed by atoms with Gasteiger partial charge in [0.25, 0.3) is 0 Å². The van der Waals surface area contributed by atoms with Crippen molar-refractivity contribution < 1.29 is 0 Å². The monoisotopic (exact) mass is 367 g/mol. The Hall–Kier alpha value is 0.982. The summed E-state index contributed by atoms with van der Waals surface area (Å²) in [6, 6.07) is 8.78. The van der Waals surface area contributed by atoms with Crippen molar-refractivity contribution in [2.24, 2.45) is 0 Å². The van der Waals surface area contributed by atoms with Gasteiger partial charge in [0.2, 0.25) is 0 Å². The van der Waals surface area contributed by atoms with E-state index in [1.807, 2.05) is 0 Å². The van der Waals surface area contributed by atoms with Crippen LogP contribution in [0.15, 0.2) is 24.3 Å². The van der Waals surface area contributed by atoms with E-state index in [9.17, 15) is 0 Å². The average Bonchev–Trinajstić information content (AvgIpc) is 2.26. The van der Waals surface area contributed by atoms with Crippen molar-refractivity contribution in [3.63, 3.8) is 0 Å². The van der Waals surface area contributed by atoms with Gasteiger partial charge >= 0.3 is 108 Å². The molecule has 0 aliphatic carbocycles. The molecular formula is C10H16As2BCl2+. The fourth-order valence-electron chi connectivity index (χ4n) is 2.50. The Morgan fingerprint density at radius 3 is 1.53 bits per heavy atom. The van der Waals surface area contributed by atoms with Crippen LogP contribution in [0.5, 0.6) is 0 Å². The van der Waals surface area contributed by atoms with E-state index in [-0.39, 0.29) is 0 Å². The van der Waals surface area contributed by atoms with Crippen LogP contribution in [0.25, 0.3) is 0 Å². The van der Waals surface area contributed by atoms with Crippen molar-refractivity contribution in [1.82, 2.24) is 0 Å². The van der Waals surface area contributed by atoms with Crippen molar-refractivity contribution in [3.05, 3.63) is 24.3 Å². The summed E-state index contributed by atoms with van der Waals surface area (Å²) in [5, 5.41) is 0. The first-order valence-electron chi connectivity index (χ1n) is 5.02. The maximum atomic E-state index is 6.80. The molecule has 0 spiro atoms. The van der Waals surface area contributed by atoms with E-state index in [4.69, 9.17) is 22.9 Å². The van der Waals surface area contributed by atoms with Gasteiger partial charge in [-0.2, -0.15) is 0 Å². The summed E-state index contributed by atoms with van der Waals surface area (Å²) in [7, 11) is 0. The molecule has 15 heavy (non-hydrogen) atoms. The molecule has 2 rings (SSSR count). The molecule has 0 saturated heterocycles. The molecule has 0 radical (unpaired) electrons. The van der Waals surface area contributed by atoms with Crippen LogP contribution < -0.4 is 8.70 Å². The van der Waals surface area contributed by atoms with Gasteiger partial charge in [-0.25, -0.2) is 0 Å². The third kappa shape index (κ3) is 1.43. The summed E-state index contributed by atoms with van der Waals surface area (Å²) in [6.07, 6.45) is 0. The molecular weight excluding hydrogens is 352 g/mol. The zero-order chi connectivity index (χ0) is 11.5. The van der Waals surface area contributed by atoms with Crippen LogP contribution in [0.4, 0.5) is 0 Å². The van der Waals surface area contributed by atoms with E-state index in [0.29, 0.717) is 0 Å². The number of fused-ring (bicyclic) bond motifs is 1. The number of hydrogen-bond donors (Lipinski definition) is 0. The molecule has 0 aromatic heterocycles. The molecule has 5 heteroatoms. The molecule has 0 amide bonds. The Labute approximate surface area is 107 Å². The van der Waals surface area contributed by atoms with Crippen LogP contribution in [-0.2, 0) is 0 Å². The van der Waals surface area contributed by atoms with E-state index >= 15 is 0 Å². The van der Waals surface area contributed by atoms with Gasteiger partial charge in [-0.15, -0.1) is 0 Å². The second-order valence-electron chi connectivity index (χ2n) is 5.16. The fourth-order valence-corrected chi connectivity index (χ4v) is 37.9. The molecule has 1 aliphatic rings. The predicted octanol–water partition coefficient (Wildman–Crippen LogP) is 2.61. The third-order valence-corrected chi connectivity index (χ3v) is 40.6. The van der Waals surface area contributed by atoms with E-state index < -0.39 is 29.1 Å². The first-order valence-corrected chi connectivity index (χ1v) is 17.4. The Morgan fingerprint density at radius 2 is 1.20 bits per heavy atom. The van der Waals surface area contributed by atoms with Crippen molar-refractivity contribution in [1.29, 1.82) is 0 Å². The molecule has 0 unspecified atom stereocenters. The zero-order valence-electron chi connectivity index (χ0n) is 9.54. The molecule has 82 valence electrons. The average molecular weight is 368 g/mol. The van der Waals surface area contributed by atoms with E-state index in [2.05, 4.69) is 47.1 Å². The van der Waals surface area contributed by atoms with Gasteiger partial charge in [0, 0.05) is 0 Å². The standard InChI is InChI=1S/C10H16As2BCl2/c1-11(2)9-7-5-6-8-10(9)12(3,4)13(11,14)15/h5-8H,1-4H3/q+1. The first-order chi connectivity index (χ1) is 6.73. The Balaban J connectivity index is 2.78. The van der Waals surface area contributed by atoms with E-state index in [1.165, 1.54) is 8.70 Å². The minimum absolute atomic E-state index is 1.13. The van der Waals surface area contributed by atoms with Crippen molar-refractivity contribution in [2.45, 2.75) is 22.8 Å². The van der Waals surface area contributed by atoms with E-state index in [1.54, 1.807) is 0 Å². The normalized spacial score (nSPS) is 24.9. The van der Waals surface area contributed by atoms with E-state index in [0.717, 1.165) is 0 Å². The predicted molar refractivity (Wildman–Crippen MR) is 78.1 cm³/mol. The van der Waals surface area contributed by atoms with Crippen molar-refractivity contribution in [3.8, 4) is 0 Å². The maximum absolute atomic E-state index is 6.80. The Kier molecular flexibility index (Phi) is 2.89. The quantitative estimate of drug-likeness (QED) is 0.618. The molecule has 1 aliphatic heterocycles. The fraction of sp³-hybridized carbons (Fsp3) is 0.400. The Morgan fingerprint density at radius 1 is 0.867 bits per heavy atom. The van der Waals surface area contributed by atoms with Gasteiger partial charge in [-0.3, -0.25) is 0 Å². The van der Waals surface area contributed by atoms with Crippen molar-refractivity contribution >= 4 is 60.7 Å². The number of halogens is 2. The van der Waals surface area contributed by atoms with Gasteiger partial charge in [0.15, 0.2) is 0 Å². The molecule has 0 atom stereocenters. The summed E-state index contributed by atoms with van der Waals surface area (Å²) in [6.45, 7) is 0. The van der Waals surface area contributed by atoms with Crippen molar-refractivity contribution in [2.75, 3.05) is 0 Å². The van der Waals surface area contributed by atoms with Gasteiger partial charge in [-0.1, -0.05) is 0 Å². The summed E-state index contributed by atoms with van der Waals surface area (Å²) < 4.78 is 1.95. The second kappa shape index (κ2) is 3.49. The summed E-state index contributed by atoms with van der Waals surface area (Å²) in [5.74, 6) is 0. The topological polar surface area (TPSA) is 0 Å². The Bertz CT molecular complexity index is 379. The number of hydrogen-bond acceptors (Lipinski definition) is 0. The first kappa shape index (κ1) is 12.4. The van der Waals surface area contributed by atoms with Crippen LogP contribution in [-0.4, -0.2) is 29.1 Å². The molecule has 0 saturated carbocycles. The molecule has 1 aromatic rings. The minimum atomic E-state index is -2.03. The SMILES string of the molecule is C[As+]1(C)c2ccccc2[As+](C)(C)[B-]1(Cl)Cl. The van der Waals surface area contributed by atoms with Gasteiger partial charge < -0.3 is 0 Å². The third-order valence-electron chi connectivity index (χ3n) is 3.68. The molecule has 1 aromatic carbocycles. The summed E-state index contributed by atoms with van der Waals surface area (Å²) >= 11 is 9.53. The molecule has 0 nitrogen and oxygen atoms in total. The van der Waals surface area contributed by atoms with Gasteiger partial charge in [0.1, 0.15) is 0 Å². The summed E-state index contributed by atoms with van der Waals surface area (Å²) in [5.41, 5.74) is 9.42. The molecule has 0 fully saturated rings. The van der Waals surface area contributed by atoms with Gasteiger partial charge in [-0.05, 0) is 0 Å². The number of rotatable bonds is 0. The van der Waals surface area contributed by atoms with Crippen LogP contribution >= 0.6 is 22.9 Å². The zero-order valence-corrected chi connectivity index (χ0v) is 14.8.